The zero-order valence-corrected chi connectivity index (χ0v) is 12.8. The van der Waals surface area contributed by atoms with Gasteiger partial charge in [-0.3, -0.25) is 9.59 Å². The van der Waals surface area contributed by atoms with Gasteiger partial charge in [-0.1, -0.05) is 12.1 Å². The fraction of sp³-hybridized carbons (Fsp3) is 0.500. The molecule has 6 heteroatoms. The molecule has 0 spiro atoms. The highest BCUT2D eigenvalue weighted by Gasteiger charge is 2.42. The molecule has 120 valence electrons. The third-order valence-corrected chi connectivity index (χ3v) is 4.00. The molecule has 3 unspecified atom stereocenters. The first-order valence-corrected chi connectivity index (χ1v) is 7.37. The van der Waals surface area contributed by atoms with Crippen molar-refractivity contribution in [1.29, 1.82) is 0 Å². The monoisotopic (exact) mass is 308 g/mol. The lowest BCUT2D eigenvalue weighted by molar-refractivity contribution is -0.128. The van der Waals surface area contributed by atoms with Crippen LogP contribution < -0.4 is 5.32 Å². The summed E-state index contributed by atoms with van der Waals surface area (Å²) < 4.78 is 13.1. The fourth-order valence-corrected chi connectivity index (χ4v) is 2.76. The number of carbonyl (C=O) groups excluding carboxylic acids is 2. The Labute approximate surface area is 129 Å². The molecule has 0 saturated carbocycles. The number of aliphatic hydroxyl groups is 1. The van der Waals surface area contributed by atoms with Crippen LogP contribution in [0.25, 0.3) is 0 Å². The first-order valence-electron chi connectivity index (χ1n) is 7.37. The molecule has 1 aromatic carbocycles. The van der Waals surface area contributed by atoms with Crippen molar-refractivity contribution in [3.63, 3.8) is 0 Å². The Morgan fingerprint density at radius 1 is 1.45 bits per heavy atom. The van der Waals surface area contributed by atoms with Gasteiger partial charge in [-0.15, -0.1) is 0 Å². The number of aliphatic hydroxyl groups excluding tert-OH is 1. The van der Waals surface area contributed by atoms with Crippen molar-refractivity contribution < 1.29 is 19.1 Å². The van der Waals surface area contributed by atoms with Crippen LogP contribution in [0.5, 0.6) is 0 Å². The van der Waals surface area contributed by atoms with E-state index in [1.54, 1.807) is 26.1 Å². The summed E-state index contributed by atoms with van der Waals surface area (Å²) in [5, 5.41) is 12.0. The number of amides is 2. The van der Waals surface area contributed by atoms with E-state index in [0.29, 0.717) is 13.0 Å². The second kappa shape index (κ2) is 6.87. The van der Waals surface area contributed by atoms with Gasteiger partial charge in [-0.05, 0) is 31.0 Å². The molecule has 1 saturated heterocycles. The first-order chi connectivity index (χ1) is 10.4. The van der Waals surface area contributed by atoms with Crippen LogP contribution in [0.3, 0.4) is 0 Å². The highest BCUT2D eigenvalue weighted by Crippen LogP contribution is 2.37. The standard InChI is InChI=1S/C16H21FN2O3/c1-10(20)7-8-18-16(22)13-9-14(21)19(2)15(13)11-3-5-12(17)6-4-11/h3-6,10,13,15,20H,7-9H2,1-2H3,(H,18,22). The maximum Gasteiger partial charge on any atom is 0.226 e. The summed E-state index contributed by atoms with van der Waals surface area (Å²) in [6.07, 6.45) is 0.115. The Kier molecular flexibility index (Phi) is 5.13. The number of nitrogens with one attached hydrogen (secondary N) is 1. The zero-order chi connectivity index (χ0) is 16.3. The Morgan fingerprint density at radius 3 is 2.68 bits per heavy atom. The first kappa shape index (κ1) is 16.4. The summed E-state index contributed by atoms with van der Waals surface area (Å²) in [6.45, 7) is 2.02. The maximum atomic E-state index is 13.1. The van der Waals surface area contributed by atoms with E-state index in [1.165, 1.54) is 17.0 Å². The zero-order valence-electron chi connectivity index (χ0n) is 12.8. The van der Waals surface area contributed by atoms with E-state index < -0.39 is 12.0 Å². The number of halogens is 1. The minimum atomic E-state index is -0.503. The van der Waals surface area contributed by atoms with Gasteiger partial charge in [0, 0.05) is 20.0 Å². The van der Waals surface area contributed by atoms with Gasteiger partial charge >= 0.3 is 0 Å². The molecule has 0 aliphatic carbocycles. The van der Waals surface area contributed by atoms with Crippen LogP contribution in [-0.2, 0) is 9.59 Å². The van der Waals surface area contributed by atoms with Crippen LogP contribution >= 0.6 is 0 Å². The van der Waals surface area contributed by atoms with E-state index in [4.69, 9.17) is 0 Å². The van der Waals surface area contributed by atoms with Crippen molar-refractivity contribution in [2.45, 2.75) is 31.9 Å². The number of nitrogens with zero attached hydrogens (tertiary/aromatic N) is 1. The van der Waals surface area contributed by atoms with Crippen molar-refractivity contribution in [3.8, 4) is 0 Å². The number of carbonyl (C=O) groups is 2. The van der Waals surface area contributed by atoms with E-state index in [9.17, 15) is 19.1 Å². The molecule has 3 atom stereocenters. The van der Waals surface area contributed by atoms with Crippen molar-refractivity contribution in [1.82, 2.24) is 10.2 Å². The predicted octanol–water partition coefficient (Wildman–Crippen LogP) is 1.23. The lowest BCUT2D eigenvalue weighted by atomic mass is 9.93. The lowest BCUT2D eigenvalue weighted by Gasteiger charge is -2.25. The minimum absolute atomic E-state index is 0.106. The van der Waals surface area contributed by atoms with Gasteiger partial charge in [0.25, 0.3) is 0 Å². The topological polar surface area (TPSA) is 69.6 Å². The smallest absolute Gasteiger partial charge is 0.226 e. The third kappa shape index (κ3) is 3.62. The summed E-state index contributed by atoms with van der Waals surface area (Å²) in [6, 6.07) is 5.47. The molecule has 2 N–H and O–H groups in total. The molecule has 1 fully saturated rings. The summed E-state index contributed by atoms with van der Waals surface area (Å²) in [4.78, 5) is 25.8. The van der Waals surface area contributed by atoms with E-state index in [2.05, 4.69) is 5.32 Å². The number of likely N-dealkylation sites (tertiary alicyclic amines) is 1. The molecule has 2 rings (SSSR count). The highest BCUT2D eigenvalue weighted by atomic mass is 19.1. The molecule has 5 nitrogen and oxygen atoms in total. The largest absolute Gasteiger partial charge is 0.393 e. The van der Waals surface area contributed by atoms with Crippen LogP contribution in [0.1, 0.15) is 31.4 Å². The average Bonchev–Trinajstić information content (AvgIpc) is 2.76. The van der Waals surface area contributed by atoms with E-state index in [1.807, 2.05) is 0 Å². The third-order valence-electron chi connectivity index (χ3n) is 4.00. The average molecular weight is 308 g/mol. The Balaban J connectivity index is 2.12. The minimum Gasteiger partial charge on any atom is -0.393 e. The second-order valence-electron chi connectivity index (χ2n) is 5.74. The Bertz CT molecular complexity index is 545. The van der Waals surface area contributed by atoms with Crippen molar-refractivity contribution in [2.75, 3.05) is 13.6 Å². The Hall–Kier alpha value is -1.95. The van der Waals surface area contributed by atoms with Crippen molar-refractivity contribution >= 4 is 11.8 Å². The predicted molar refractivity (Wildman–Crippen MR) is 79.3 cm³/mol. The van der Waals surface area contributed by atoms with Crippen LogP contribution in [0.2, 0.25) is 0 Å². The van der Waals surface area contributed by atoms with Crippen LogP contribution in [-0.4, -0.2) is 41.5 Å². The lowest BCUT2D eigenvalue weighted by Crippen LogP contribution is -2.35. The summed E-state index contributed by atoms with van der Waals surface area (Å²) in [7, 11) is 1.65. The van der Waals surface area contributed by atoms with Gasteiger partial charge in [-0.2, -0.15) is 0 Å². The van der Waals surface area contributed by atoms with Gasteiger partial charge in [0.1, 0.15) is 5.82 Å². The molecule has 0 aromatic heterocycles. The van der Waals surface area contributed by atoms with Gasteiger partial charge in [0.05, 0.1) is 18.1 Å². The number of benzene rings is 1. The molecule has 0 bridgehead atoms. The van der Waals surface area contributed by atoms with Crippen LogP contribution in [0.4, 0.5) is 4.39 Å². The van der Waals surface area contributed by atoms with E-state index >= 15 is 0 Å². The number of hydrogen-bond donors (Lipinski definition) is 2. The van der Waals surface area contributed by atoms with E-state index in [-0.39, 0.29) is 30.1 Å². The molecular formula is C16H21FN2O3. The molecule has 1 heterocycles. The van der Waals surface area contributed by atoms with Gasteiger partial charge in [0.15, 0.2) is 0 Å². The van der Waals surface area contributed by atoms with Crippen molar-refractivity contribution in [2.24, 2.45) is 5.92 Å². The van der Waals surface area contributed by atoms with Gasteiger partial charge in [-0.25, -0.2) is 4.39 Å². The molecule has 1 aliphatic rings. The second-order valence-corrected chi connectivity index (χ2v) is 5.74. The quantitative estimate of drug-likeness (QED) is 0.859. The molecule has 1 aromatic rings. The molecular weight excluding hydrogens is 287 g/mol. The van der Waals surface area contributed by atoms with Crippen molar-refractivity contribution in [3.05, 3.63) is 35.6 Å². The molecule has 1 aliphatic heterocycles. The SMILES string of the molecule is CC(O)CCNC(=O)C1CC(=O)N(C)C1c1ccc(F)cc1. The van der Waals surface area contributed by atoms with Crippen LogP contribution in [0, 0.1) is 11.7 Å². The summed E-state index contributed by atoms with van der Waals surface area (Å²) in [5.41, 5.74) is 0.741. The summed E-state index contributed by atoms with van der Waals surface area (Å²) in [5.74, 6) is -1.18. The molecule has 2 amide bonds. The van der Waals surface area contributed by atoms with E-state index in [0.717, 1.165) is 5.56 Å². The number of rotatable bonds is 5. The molecule has 22 heavy (non-hydrogen) atoms. The van der Waals surface area contributed by atoms with Gasteiger partial charge in [0.2, 0.25) is 11.8 Å². The molecule has 0 radical (unpaired) electrons. The Morgan fingerprint density at radius 2 is 2.09 bits per heavy atom. The maximum absolute atomic E-state index is 13.1. The summed E-state index contributed by atoms with van der Waals surface area (Å²) >= 11 is 0. The normalized spacial score (nSPS) is 22.7. The van der Waals surface area contributed by atoms with Crippen LogP contribution in [0.15, 0.2) is 24.3 Å². The number of hydrogen-bond acceptors (Lipinski definition) is 3. The van der Waals surface area contributed by atoms with Gasteiger partial charge < -0.3 is 15.3 Å². The fourth-order valence-electron chi connectivity index (χ4n) is 2.76. The highest BCUT2D eigenvalue weighted by molar-refractivity contribution is 5.90.